The predicted molar refractivity (Wildman–Crippen MR) is 245 cm³/mol. The zero-order chi connectivity index (χ0) is 51.6. The van der Waals surface area contributed by atoms with Crippen LogP contribution in [0.2, 0.25) is 0 Å². The number of ether oxygens (including phenoxy) is 10. The molecule has 0 saturated carbocycles. The van der Waals surface area contributed by atoms with Crippen LogP contribution in [0.15, 0.2) is 75.9 Å². The molecule has 0 saturated heterocycles. The Morgan fingerprint density at radius 2 is 0.662 bits per heavy atom. The average molecular weight is 969 g/mol. The van der Waals surface area contributed by atoms with Crippen molar-refractivity contribution in [2.45, 2.75) is 90.3 Å². The van der Waals surface area contributed by atoms with Crippen LogP contribution < -0.4 is 0 Å². The van der Waals surface area contributed by atoms with Crippen LogP contribution in [0.25, 0.3) is 0 Å². The summed E-state index contributed by atoms with van der Waals surface area (Å²) >= 11 is 0. The number of carbonyl (C=O) groups is 8. The number of aliphatic hydroxyl groups is 2. The quantitative estimate of drug-likeness (QED) is 0.0379. The van der Waals surface area contributed by atoms with E-state index in [4.69, 9.17) is 37.9 Å². The summed E-state index contributed by atoms with van der Waals surface area (Å²) in [6, 6.07) is 0. The van der Waals surface area contributed by atoms with E-state index in [0.717, 1.165) is 62.1 Å². The molecular formula is C48H72O20. The third-order valence-corrected chi connectivity index (χ3v) is 9.46. The van der Waals surface area contributed by atoms with Gasteiger partial charge in [0.15, 0.2) is 0 Å². The van der Waals surface area contributed by atoms with Crippen molar-refractivity contribution in [3.63, 3.8) is 0 Å². The van der Waals surface area contributed by atoms with Crippen molar-refractivity contribution in [2.75, 3.05) is 79.3 Å². The Bertz CT molecular complexity index is 1440. The van der Waals surface area contributed by atoms with E-state index >= 15 is 0 Å². The molecule has 0 aliphatic heterocycles. The lowest BCUT2D eigenvalue weighted by atomic mass is 9.88. The lowest BCUT2D eigenvalue weighted by Crippen LogP contribution is -2.39. The van der Waals surface area contributed by atoms with Gasteiger partial charge in [0.1, 0.15) is 65.1 Å². The largest absolute Gasteiger partial charge is 0.465 e. The molecule has 20 heteroatoms. The first-order chi connectivity index (χ1) is 32.4. The Morgan fingerprint density at radius 1 is 0.397 bits per heavy atom. The van der Waals surface area contributed by atoms with Crippen molar-refractivity contribution in [1.82, 2.24) is 0 Å². The minimum Gasteiger partial charge on any atom is -0.465 e. The number of rotatable bonds is 40. The molecule has 0 aromatic carbocycles. The van der Waals surface area contributed by atoms with Gasteiger partial charge in [0.05, 0.1) is 24.0 Å². The fourth-order valence-corrected chi connectivity index (χ4v) is 4.92. The fraction of sp³-hybridized carbons (Fsp3) is 0.583. The first kappa shape index (κ1) is 64.1. The second kappa shape index (κ2) is 40.1. The van der Waals surface area contributed by atoms with Gasteiger partial charge in [-0.2, -0.15) is 0 Å². The summed E-state index contributed by atoms with van der Waals surface area (Å²) in [7, 11) is 0. The summed E-state index contributed by atoms with van der Waals surface area (Å²) in [6.45, 7) is 23.4. The Morgan fingerprint density at radius 3 is 0.926 bits per heavy atom. The highest BCUT2D eigenvalue weighted by Crippen LogP contribution is 2.26. The molecule has 0 aliphatic rings. The first-order valence-corrected chi connectivity index (χ1v) is 22.0. The van der Waals surface area contributed by atoms with E-state index in [0.29, 0.717) is 38.9 Å². The monoisotopic (exact) mass is 968 g/mol. The van der Waals surface area contributed by atoms with Crippen molar-refractivity contribution in [3.8, 4) is 0 Å². The molecule has 0 aromatic rings. The number of hydrogen-bond donors (Lipinski definition) is 2. The van der Waals surface area contributed by atoms with Crippen LogP contribution in [0, 0.1) is 10.8 Å². The summed E-state index contributed by atoms with van der Waals surface area (Å²) in [5.41, 5.74) is -1.94. The van der Waals surface area contributed by atoms with E-state index in [-0.39, 0.29) is 78.9 Å². The fourth-order valence-electron chi connectivity index (χ4n) is 4.92. The highest BCUT2D eigenvalue weighted by molar-refractivity contribution is 5.83. The summed E-state index contributed by atoms with van der Waals surface area (Å²) < 4.78 is 51.2. The van der Waals surface area contributed by atoms with E-state index in [9.17, 15) is 48.6 Å². The van der Waals surface area contributed by atoms with Gasteiger partial charge in [-0.25, -0.2) is 28.8 Å². The van der Waals surface area contributed by atoms with Gasteiger partial charge in [0.2, 0.25) is 0 Å². The number of esters is 8. The molecule has 0 amide bonds. The summed E-state index contributed by atoms with van der Waals surface area (Å²) in [4.78, 5) is 92.5. The Balaban J connectivity index is 0. The van der Waals surface area contributed by atoms with E-state index in [2.05, 4.69) is 48.9 Å². The molecule has 20 nitrogen and oxygen atoms in total. The Kier molecular flexibility index (Phi) is 37.9. The van der Waals surface area contributed by atoms with Gasteiger partial charge in [0, 0.05) is 62.5 Å². The number of carbonyl (C=O) groups excluding carboxylic acids is 8. The Hall–Kier alpha value is -5.96. The number of unbranched alkanes of at least 4 members (excludes halogenated alkanes) is 4. The lowest BCUT2D eigenvalue weighted by Gasteiger charge is -2.30. The van der Waals surface area contributed by atoms with Crippen molar-refractivity contribution in [2.24, 2.45) is 10.8 Å². The minimum absolute atomic E-state index is 0.000127. The van der Waals surface area contributed by atoms with Crippen LogP contribution >= 0.6 is 0 Å². The topological polar surface area (TPSA) is 269 Å². The highest BCUT2D eigenvalue weighted by Gasteiger charge is 2.35. The number of aliphatic hydroxyl groups excluding tert-OH is 2. The van der Waals surface area contributed by atoms with Gasteiger partial charge in [-0.3, -0.25) is 9.59 Å². The predicted octanol–water partition coefficient (Wildman–Crippen LogP) is 4.10. The normalized spacial score (nSPS) is 11.6. The molecule has 2 unspecified atom stereocenters. The van der Waals surface area contributed by atoms with E-state index in [1.165, 1.54) is 0 Å². The molecular weight excluding hydrogens is 897 g/mol. The van der Waals surface area contributed by atoms with Crippen molar-refractivity contribution in [1.29, 1.82) is 0 Å². The smallest absolute Gasteiger partial charge is 0.330 e. The SMILES string of the molecule is C=CC(=O)OCC(CC)(COC(=O)C=C)COC(=O)CCCCC(=O)OCC(CC)(COC(=O)C=C)COC(=O)C=C.C=CC(=O)OCC(O)COCCCCCCOCC(O)COC(=O)C=C. The van der Waals surface area contributed by atoms with E-state index < -0.39 is 70.8 Å². The molecule has 68 heavy (non-hydrogen) atoms. The zero-order valence-electron chi connectivity index (χ0n) is 39.7. The highest BCUT2D eigenvalue weighted by atomic mass is 16.6. The standard InChI is InChI=1S/C30H42O12.C18H30O8/c1-7-23(31)37-17-29(11-5,18-38-24(32)8-2)21-41-27(35)15-13-14-16-28(36)42-22-30(12-6,19-39-25(33)9-3)20-40-26(34)10-4;1-3-17(21)25-13-15(19)11-23-9-7-5-6-8-10-24-12-16(20)14-26-18(22)4-2/h7-10H,1-4,11-22H2,5-6H3;3-4,15-16,19-20H,1-2,5-14H2. The second-order valence-corrected chi connectivity index (χ2v) is 15.0. The zero-order valence-corrected chi connectivity index (χ0v) is 39.7. The molecule has 0 aliphatic carbocycles. The average Bonchev–Trinajstić information content (AvgIpc) is 3.35. The maximum absolute atomic E-state index is 12.4. The first-order valence-electron chi connectivity index (χ1n) is 22.0. The van der Waals surface area contributed by atoms with Crippen LogP contribution in [0.1, 0.15) is 78.1 Å². The number of hydrogen-bond acceptors (Lipinski definition) is 20. The molecule has 0 bridgehead atoms. The lowest BCUT2D eigenvalue weighted by molar-refractivity contribution is -0.161. The molecule has 0 fully saturated rings. The van der Waals surface area contributed by atoms with Crippen molar-refractivity contribution >= 4 is 47.8 Å². The minimum atomic E-state index is -0.970. The van der Waals surface area contributed by atoms with E-state index in [1.54, 1.807) is 13.8 Å². The van der Waals surface area contributed by atoms with Crippen LogP contribution in [-0.4, -0.2) is 149 Å². The maximum atomic E-state index is 12.4. The molecule has 0 spiro atoms. The molecule has 0 aromatic heterocycles. The van der Waals surface area contributed by atoms with Gasteiger partial charge < -0.3 is 57.6 Å². The molecule has 0 rings (SSSR count). The molecule has 0 radical (unpaired) electrons. The molecule has 2 N–H and O–H groups in total. The second-order valence-electron chi connectivity index (χ2n) is 15.0. The van der Waals surface area contributed by atoms with Crippen LogP contribution in [0.5, 0.6) is 0 Å². The van der Waals surface area contributed by atoms with Gasteiger partial charge >= 0.3 is 47.8 Å². The molecule has 384 valence electrons. The maximum Gasteiger partial charge on any atom is 0.330 e. The van der Waals surface area contributed by atoms with Crippen LogP contribution in [0.4, 0.5) is 0 Å². The van der Waals surface area contributed by atoms with Gasteiger partial charge in [-0.1, -0.05) is 66.2 Å². The summed E-state index contributed by atoms with van der Waals surface area (Å²) in [6.07, 6.45) is 9.30. The van der Waals surface area contributed by atoms with Crippen LogP contribution in [-0.2, 0) is 85.7 Å². The molecule has 0 heterocycles. The van der Waals surface area contributed by atoms with Crippen molar-refractivity contribution in [3.05, 3.63) is 75.9 Å². The summed E-state index contributed by atoms with van der Waals surface area (Å²) in [5, 5.41) is 19.0. The third kappa shape index (κ3) is 34.4. The van der Waals surface area contributed by atoms with Gasteiger partial charge in [0.25, 0.3) is 0 Å². The Labute approximate surface area is 399 Å². The van der Waals surface area contributed by atoms with Crippen LogP contribution in [0.3, 0.4) is 0 Å². The third-order valence-electron chi connectivity index (χ3n) is 9.46. The van der Waals surface area contributed by atoms with E-state index in [1.807, 2.05) is 0 Å². The molecule has 2 atom stereocenters. The summed E-state index contributed by atoms with van der Waals surface area (Å²) in [5.74, 6) is -4.94. The van der Waals surface area contributed by atoms with Crippen molar-refractivity contribution < 1.29 is 95.9 Å². The van der Waals surface area contributed by atoms with Gasteiger partial charge in [-0.15, -0.1) is 0 Å². The van der Waals surface area contributed by atoms with Gasteiger partial charge in [-0.05, 0) is 38.5 Å².